The Hall–Kier alpha value is -1.92. The summed E-state index contributed by atoms with van der Waals surface area (Å²) in [7, 11) is 0. The predicted octanol–water partition coefficient (Wildman–Crippen LogP) is 6.66. The molecule has 0 spiro atoms. The number of hydrogen-bond acceptors (Lipinski definition) is 5. The Morgan fingerprint density at radius 1 is 1.07 bits per heavy atom. The van der Waals surface area contributed by atoms with Crippen molar-refractivity contribution in [1.82, 2.24) is 5.01 Å². The Kier molecular flexibility index (Phi) is 4.43. The van der Waals surface area contributed by atoms with Gasteiger partial charge in [0.15, 0.2) is 0 Å². The van der Waals surface area contributed by atoms with Crippen LogP contribution in [0.4, 0.5) is 0 Å². The third kappa shape index (κ3) is 2.94. The monoisotopic (exact) mass is 450 g/mol. The Bertz CT molecular complexity index is 1100. The van der Waals surface area contributed by atoms with Crippen LogP contribution in [0.25, 0.3) is 0 Å². The second kappa shape index (κ2) is 6.85. The molecule has 0 saturated heterocycles. The molecule has 0 saturated carbocycles. The molecule has 2 aromatic carbocycles. The quantitative estimate of drug-likeness (QED) is 0.474. The van der Waals surface area contributed by atoms with Gasteiger partial charge >= 0.3 is 0 Å². The molecule has 142 valence electrons. The van der Waals surface area contributed by atoms with Crippen LogP contribution in [0.5, 0.6) is 11.5 Å². The van der Waals surface area contributed by atoms with E-state index in [-0.39, 0.29) is 16.8 Å². The van der Waals surface area contributed by atoms with E-state index in [1.807, 2.05) is 34.7 Å². The normalized spacial score (nSPS) is 20.4. The van der Waals surface area contributed by atoms with E-state index in [1.54, 1.807) is 23.5 Å². The van der Waals surface area contributed by atoms with E-state index >= 15 is 0 Å². The SMILES string of the molecule is Oc1c(Cl)cc(Cl)cc1[C@H]1Oc2ccc(Cl)cc2[C@H]2CC(c3cccs3)=NN21. The number of hydrogen-bond donors (Lipinski definition) is 1. The van der Waals surface area contributed by atoms with Gasteiger partial charge in [-0.3, -0.25) is 0 Å². The number of rotatable bonds is 2. The van der Waals surface area contributed by atoms with Crippen molar-refractivity contribution in [3.05, 3.63) is 78.9 Å². The minimum absolute atomic E-state index is 0.0630. The summed E-state index contributed by atoms with van der Waals surface area (Å²) in [6.45, 7) is 0. The van der Waals surface area contributed by atoms with Gasteiger partial charge in [0.2, 0.25) is 6.23 Å². The highest BCUT2D eigenvalue weighted by Gasteiger charge is 2.42. The predicted molar refractivity (Wildman–Crippen MR) is 113 cm³/mol. The maximum atomic E-state index is 10.6. The van der Waals surface area contributed by atoms with Crippen LogP contribution in [-0.2, 0) is 0 Å². The van der Waals surface area contributed by atoms with E-state index in [1.165, 1.54) is 6.07 Å². The van der Waals surface area contributed by atoms with Crippen molar-refractivity contribution in [1.29, 1.82) is 0 Å². The molecule has 2 aliphatic rings. The minimum Gasteiger partial charge on any atom is -0.506 e. The number of fused-ring (bicyclic) bond motifs is 3. The highest BCUT2D eigenvalue weighted by molar-refractivity contribution is 7.12. The lowest BCUT2D eigenvalue weighted by Gasteiger charge is -2.38. The maximum Gasteiger partial charge on any atom is 0.217 e. The summed E-state index contributed by atoms with van der Waals surface area (Å²) < 4.78 is 6.23. The Morgan fingerprint density at radius 3 is 2.68 bits per heavy atom. The number of hydrazone groups is 1. The van der Waals surface area contributed by atoms with E-state index in [0.29, 0.717) is 27.8 Å². The first-order valence-corrected chi connectivity index (χ1v) is 10.6. The van der Waals surface area contributed by atoms with Crippen LogP contribution in [0, 0.1) is 0 Å². The highest BCUT2D eigenvalue weighted by Crippen LogP contribution is 2.50. The summed E-state index contributed by atoms with van der Waals surface area (Å²) in [6.07, 6.45) is 0.0512. The molecule has 28 heavy (non-hydrogen) atoms. The fourth-order valence-corrected chi connectivity index (χ4v) is 5.04. The molecular weight excluding hydrogens is 439 g/mol. The van der Waals surface area contributed by atoms with Gasteiger partial charge in [-0.1, -0.05) is 40.9 Å². The van der Waals surface area contributed by atoms with Crippen molar-refractivity contribution in [2.24, 2.45) is 5.10 Å². The molecule has 8 heteroatoms. The first kappa shape index (κ1) is 18.1. The van der Waals surface area contributed by atoms with Gasteiger partial charge in [-0.05, 0) is 41.8 Å². The molecule has 0 bridgehead atoms. The van der Waals surface area contributed by atoms with Crippen molar-refractivity contribution < 1.29 is 9.84 Å². The van der Waals surface area contributed by atoms with Crippen molar-refractivity contribution in [3.8, 4) is 11.5 Å². The first-order chi connectivity index (χ1) is 13.5. The van der Waals surface area contributed by atoms with Gasteiger partial charge in [-0.15, -0.1) is 11.3 Å². The Labute approximate surface area is 180 Å². The average Bonchev–Trinajstić information content (AvgIpc) is 3.33. The van der Waals surface area contributed by atoms with Crippen LogP contribution < -0.4 is 4.74 Å². The second-order valence-corrected chi connectivity index (χ2v) is 8.83. The highest BCUT2D eigenvalue weighted by atomic mass is 35.5. The number of nitrogens with zero attached hydrogens (tertiary/aromatic N) is 2. The zero-order chi connectivity index (χ0) is 19.4. The summed E-state index contributed by atoms with van der Waals surface area (Å²) >= 11 is 20.2. The third-order valence-corrected chi connectivity index (χ3v) is 6.54. The molecule has 0 fully saturated rings. The summed E-state index contributed by atoms with van der Waals surface area (Å²) in [5.74, 6) is 0.640. The zero-order valence-electron chi connectivity index (χ0n) is 14.3. The van der Waals surface area contributed by atoms with Gasteiger partial charge in [-0.2, -0.15) is 5.10 Å². The van der Waals surface area contributed by atoms with Gasteiger partial charge in [-0.25, -0.2) is 5.01 Å². The number of phenols is 1. The van der Waals surface area contributed by atoms with Gasteiger partial charge < -0.3 is 9.84 Å². The van der Waals surface area contributed by atoms with Crippen molar-refractivity contribution >= 4 is 51.9 Å². The fourth-order valence-electron chi connectivity index (χ4n) is 3.63. The Morgan fingerprint density at radius 2 is 1.89 bits per heavy atom. The molecule has 2 aliphatic heterocycles. The number of ether oxygens (including phenoxy) is 1. The molecule has 2 atom stereocenters. The molecule has 1 aromatic heterocycles. The van der Waals surface area contributed by atoms with Crippen LogP contribution in [-0.4, -0.2) is 15.8 Å². The van der Waals surface area contributed by atoms with Crippen LogP contribution in [0.1, 0.15) is 34.7 Å². The van der Waals surface area contributed by atoms with Crippen LogP contribution in [0.2, 0.25) is 15.1 Å². The lowest BCUT2D eigenvalue weighted by Crippen LogP contribution is -2.33. The van der Waals surface area contributed by atoms with E-state index < -0.39 is 6.23 Å². The van der Waals surface area contributed by atoms with Crippen LogP contribution >= 0.6 is 46.1 Å². The van der Waals surface area contributed by atoms with Gasteiger partial charge in [0.1, 0.15) is 11.5 Å². The Balaban J connectivity index is 1.66. The minimum atomic E-state index is -0.660. The summed E-state index contributed by atoms with van der Waals surface area (Å²) in [6, 6.07) is 12.7. The molecule has 0 amide bonds. The fraction of sp³-hybridized carbons (Fsp3) is 0.150. The first-order valence-electron chi connectivity index (χ1n) is 8.55. The topological polar surface area (TPSA) is 45.1 Å². The second-order valence-electron chi connectivity index (χ2n) is 6.60. The van der Waals surface area contributed by atoms with E-state index in [0.717, 1.165) is 16.2 Å². The van der Waals surface area contributed by atoms with E-state index in [4.69, 9.17) is 44.6 Å². The largest absolute Gasteiger partial charge is 0.506 e. The molecule has 0 unspecified atom stereocenters. The summed E-state index contributed by atoms with van der Waals surface area (Å²) in [4.78, 5) is 1.10. The van der Waals surface area contributed by atoms with Crippen LogP contribution in [0.3, 0.4) is 0 Å². The number of benzene rings is 2. The summed E-state index contributed by atoms with van der Waals surface area (Å²) in [5.41, 5.74) is 2.40. The smallest absolute Gasteiger partial charge is 0.217 e. The number of thiophene rings is 1. The third-order valence-electron chi connectivity index (χ3n) is 4.88. The van der Waals surface area contributed by atoms with Crippen molar-refractivity contribution in [3.63, 3.8) is 0 Å². The molecule has 1 N–H and O–H groups in total. The molecule has 0 aliphatic carbocycles. The molecule has 0 radical (unpaired) electrons. The standard InChI is InChI=1S/C20H13Cl3N2O2S/c21-10-3-4-17-12(6-10)16-9-15(18-2-1-5-28-18)24-25(16)20(27-17)13-7-11(22)8-14(23)19(13)26/h1-8,16,20,26H,9H2/t16-,20-/m1/s1. The van der Waals surface area contributed by atoms with Crippen molar-refractivity contribution in [2.45, 2.75) is 18.7 Å². The van der Waals surface area contributed by atoms with Gasteiger partial charge in [0.05, 0.1) is 27.2 Å². The summed E-state index contributed by atoms with van der Waals surface area (Å²) in [5, 5.41) is 20.5. The molecule has 3 heterocycles. The molecule has 4 nitrogen and oxygen atoms in total. The zero-order valence-corrected chi connectivity index (χ0v) is 17.4. The lowest BCUT2D eigenvalue weighted by atomic mass is 9.97. The van der Waals surface area contributed by atoms with Crippen LogP contribution in [0.15, 0.2) is 52.9 Å². The number of phenolic OH excluding ortho intramolecular Hbond substituents is 1. The maximum absolute atomic E-state index is 10.6. The van der Waals surface area contributed by atoms with E-state index in [2.05, 4.69) is 0 Å². The molecular formula is C20H13Cl3N2O2S. The average molecular weight is 452 g/mol. The lowest BCUT2D eigenvalue weighted by molar-refractivity contribution is -0.0203. The number of halogens is 3. The number of aromatic hydroxyl groups is 1. The van der Waals surface area contributed by atoms with E-state index in [9.17, 15) is 5.11 Å². The van der Waals surface area contributed by atoms with Gasteiger partial charge in [0, 0.05) is 22.0 Å². The van der Waals surface area contributed by atoms with Gasteiger partial charge in [0.25, 0.3) is 0 Å². The van der Waals surface area contributed by atoms with Crippen molar-refractivity contribution in [2.75, 3.05) is 0 Å². The molecule has 5 rings (SSSR count). The molecule has 3 aromatic rings.